The predicted molar refractivity (Wildman–Crippen MR) is 80.3 cm³/mol. The molecular weight excluding hydrogens is 325 g/mol. The Morgan fingerprint density at radius 1 is 1.29 bits per heavy atom. The Morgan fingerprint density at radius 3 is 2.50 bits per heavy atom. The van der Waals surface area contributed by atoms with Gasteiger partial charge in [-0.3, -0.25) is 4.90 Å². The van der Waals surface area contributed by atoms with E-state index in [4.69, 9.17) is 4.74 Å². The van der Waals surface area contributed by atoms with Gasteiger partial charge in [0.15, 0.2) is 0 Å². The van der Waals surface area contributed by atoms with Crippen molar-refractivity contribution in [3.05, 3.63) is 42.0 Å². The molecule has 6 nitrogen and oxygen atoms in total. The fourth-order valence-electron chi connectivity index (χ4n) is 2.10. The number of hydrogen-bond acceptors (Lipinski definition) is 5. The number of aromatic nitrogens is 3. The number of rotatable bonds is 7. The van der Waals surface area contributed by atoms with Crippen LogP contribution in [-0.4, -0.2) is 51.1 Å². The highest BCUT2D eigenvalue weighted by Gasteiger charge is 2.30. The molecule has 1 N–H and O–H groups in total. The molecule has 0 amide bonds. The van der Waals surface area contributed by atoms with E-state index in [1.807, 2.05) is 19.0 Å². The van der Waals surface area contributed by atoms with Gasteiger partial charge < -0.3 is 14.4 Å². The topological polar surface area (TPSA) is 63.4 Å². The fraction of sp³-hybridized carbons (Fsp3) is 0.467. The van der Waals surface area contributed by atoms with Crippen molar-refractivity contribution in [2.75, 3.05) is 20.2 Å². The maximum atomic E-state index is 12.5. The second kappa shape index (κ2) is 7.63. The van der Waals surface area contributed by atoms with E-state index in [-0.39, 0.29) is 12.4 Å². The Morgan fingerprint density at radius 2 is 1.96 bits per heavy atom. The Bertz CT molecular complexity index is 643. The SMILES string of the molecule is CN(Cc1nncn1C)CC(O)COc1ccc(C(F)(F)F)cc1. The molecular formula is C15H19F3N4O2. The van der Waals surface area contributed by atoms with Crippen LogP contribution >= 0.6 is 0 Å². The molecule has 1 unspecified atom stereocenters. The zero-order valence-corrected chi connectivity index (χ0v) is 13.4. The van der Waals surface area contributed by atoms with E-state index in [2.05, 4.69) is 10.2 Å². The predicted octanol–water partition coefficient (Wildman–Crippen LogP) is 1.71. The Kier molecular flexibility index (Phi) is 5.79. The lowest BCUT2D eigenvalue weighted by Crippen LogP contribution is -2.33. The molecule has 0 spiro atoms. The average molecular weight is 344 g/mol. The highest BCUT2D eigenvalue weighted by atomic mass is 19.4. The molecule has 0 radical (unpaired) electrons. The van der Waals surface area contributed by atoms with Gasteiger partial charge in [0, 0.05) is 13.6 Å². The lowest BCUT2D eigenvalue weighted by molar-refractivity contribution is -0.137. The first-order valence-corrected chi connectivity index (χ1v) is 7.25. The van der Waals surface area contributed by atoms with Crippen molar-refractivity contribution in [2.24, 2.45) is 7.05 Å². The summed E-state index contributed by atoms with van der Waals surface area (Å²) in [5.41, 5.74) is -0.737. The van der Waals surface area contributed by atoms with E-state index in [9.17, 15) is 18.3 Å². The monoisotopic (exact) mass is 344 g/mol. The van der Waals surface area contributed by atoms with Crippen LogP contribution < -0.4 is 4.74 Å². The maximum Gasteiger partial charge on any atom is 0.416 e. The molecule has 0 saturated carbocycles. The molecule has 1 atom stereocenters. The van der Waals surface area contributed by atoms with Gasteiger partial charge in [0.1, 0.15) is 30.6 Å². The van der Waals surface area contributed by atoms with Crippen LogP contribution in [0.25, 0.3) is 0 Å². The van der Waals surface area contributed by atoms with Crippen molar-refractivity contribution >= 4 is 0 Å². The normalized spacial score (nSPS) is 13.3. The van der Waals surface area contributed by atoms with Crippen molar-refractivity contribution in [2.45, 2.75) is 18.8 Å². The minimum absolute atomic E-state index is 0.0193. The summed E-state index contributed by atoms with van der Waals surface area (Å²) in [7, 11) is 3.64. The quantitative estimate of drug-likeness (QED) is 0.828. The number of hydrogen-bond donors (Lipinski definition) is 1. The molecule has 24 heavy (non-hydrogen) atoms. The first-order valence-electron chi connectivity index (χ1n) is 7.25. The van der Waals surface area contributed by atoms with Crippen molar-refractivity contribution in [3.63, 3.8) is 0 Å². The Balaban J connectivity index is 1.78. The summed E-state index contributed by atoms with van der Waals surface area (Å²) in [6.45, 7) is 0.815. The number of likely N-dealkylation sites (N-methyl/N-ethyl adjacent to an activating group) is 1. The highest BCUT2D eigenvalue weighted by Crippen LogP contribution is 2.30. The van der Waals surface area contributed by atoms with Gasteiger partial charge in [-0.25, -0.2) is 0 Å². The standard InChI is InChI=1S/C15H19F3N4O2/c1-21(8-14-20-19-10-22(14)2)7-12(23)9-24-13-5-3-11(4-6-13)15(16,17)18/h3-6,10,12,23H,7-9H2,1-2H3. The number of ether oxygens (including phenoxy) is 1. The van der Waals surface area contributed by atoms with E-state index in [0.717, 1.165) is 18.0 Å². The summed E-state index contributed by atoms with van der Waals surface area (Å²) in [5.74, 6) is 1.03. The zero-order chi connectivity index (χ0) is 17.7. The number of benzene rings is 1. The van der Waals surface area contributed by atoms with E-state index >= 15 is 0 Å². The van der Waals surface area contributed by atoms with Gasteiger partial charge in [0.2, 0.25) is 0 Å². The molecule has 1 aromatic heterocycles. The molecule has 1 aromatic carbocycles. The first kappa shape index (κ1) is 18.2. The largest absolute Gasteiger partial charge is 0.491 e. The van der Waals surface area contributed by atoms with Crippen LogP contribution in [0.2, 0.25) is 0 Å². The van der Waals surface area contributed by atoms with E-state index in [1.54, 1.807) is 10.9 Å². The van der Waals surface area contributed by atoms with Gasteiger partial charge in [-0.05, 0) is 31.3 Å². The molecule has 1 heterocycles. The zero-order valence-electron chi connectivity index (χ0n) is 13.4. The van der Waals surface area contributed by atoms with Gasteiger partial charge in [0.05, 0.1) is 12.1 Å². The smallest absolute Gasteiger partial charge is 0.416 e. The summed E-state index contributed by atoms with van der Waals surface area (Å²) in [5, 5.41) is 17.7. The van der Waals surface area contributed by atoms with Crippen molar-refractivity contribution in [3.8, 4) is 5.75 Å². The second-order valence-electron chi connectivity index (χ2n) is 5.54. The number of halogens is 3. The summed E-state index contributed by atoms with van der Waals surface area (Å²) in [6, 6.07) is 4.36. The van der Waals surface area contributed by atoms with Crippen LogP contribution in [-0.2, 0) is 19.8 Å². The number of nitrogens with zero attached hydrogens (tertiary/aromatic N) is 4. The molecule has 2 rings (SSSR count). The van der Waals surface area contributed by atoms with Crippen LogP contribution in [0.15, 0.2) is 30.6 Å². The molecule has 0 aliphatic heterocycles. The number of alkyl halides is 3. The molecule has 0 bridgehead atoms. The third-order valence-electron chi connectivity index (χ3n) is 3.36. The molecule has 0 saturated heterocycles. The maximum absolute atomic E-state index is 12.5. The van der Waals surface area contributed by atoms with Crippen molar-refractivity contribution < 1.29 is 23.0 Å². The molecule has 0 fully saturated rings. The van der Waals surface area contributed by atoms with Crippen LogP contribution in [0.3, 0.4) is 0 Å². The fourth-order valence-corrected chi connectivity index (χ4v) is 2.10. The minimum Gasteiger partial charge on any atom is -0.491 e. The van der Waals surface area contributed by atoms with Gasteiger partial charge in [-0.2, -0.15) is 13.2 Å². The summed E-state index contributed by atoms with van der Waals surface area (Å²) < 4.78 is 44.5. The van der Waals surface area contributed by atoms with Crippen molar-refractivity contribution in [1.29, 1.82) is 0 Å². The molecule has 132 valence electrons. The number of aliphatic hydroxyl groups excluding tert-OH is 1. The molecule has 0 aliphatic rings. The number of aryl methyl sites for hydroxylation is 1. The van der Waals surface area contributed by atoms with Gasteiger partial charge in [-0.15, -0.1) is 10.2 Å². The third kappa shape index (κ3) is 5.20. The summed E-state index contributed by atoms with van der Waals surface area (Å²) in [4.78, 5) is 1.85. The highest BCUT2D eigenvalue weighted by molar-refractivity contribution is 5.28. The average Bonchev–Trinajstić information content (AvgIpc) is 2.90. The van der Waals surface area contributed by atoms with E-state index in [0.29, 0.717) is 13.1 Å². The second-order valence-corrected chi connectivity index (χ2v) is 5.54. The minimum atomic E-state index is -4.37. The van der Waals surface area contributed by atoms with Gasteiger partial charge in [0.25, 0.3) is 0 Å². The summed E-state index contributed by atoms with van der Waals surface area (Å²) >= 11 is 0. The molecule has 0 aliphatic carbocycles. The van der Waals surface area contributed by atoms with Crippen LogP contribution in [0.4, 0.5) is 13.2 Å². The van der Waals surface area contributed by atoms with E-state index in [1.165, 1.54) is 12.1 Å². The molecule has 2 aromatic rings. The van der Waals surface area contributed by atoms with Crippen LogP contribution in [0.5, 0.6) is 5.75 Å². The summed E-state index contributed by atoms with van der Waals surface area (Å²) in [6.07, 6.45) is -3.57. The molecule has 9 heteroatoms. The van der Waals surface area contributed by atoms with Crippen LogP contribution in [0.1, 0.15) is 11.4 Å². The van der Waals surface area contributed by atoms with Gasteiger partial charge in [-0.1, -0.05) is 0 Å². The third-order valence-corrected chi connectivity index (χ3v) is 3.36. The Labute approximate surface area is 137 Å². The van der Waals surface area contributed by atoms with Crippen molar-refractivity contribution in [1.82, 2.24) is 19.7 Å². The van der Waals surface area contributed by atoms with Crippen LogP contribution in [0, 0.1) is 0 Å². The number of aliphatic hydroxyl groups is 1. The van der Waals surface area contributed by atoms with Gasteiger partial charge >= 0.3 is 6.18 Å². The lowest BCUT2D eigenvalue weighted by Gasteiger charge is -2.20. The Hall–Kier alpha value is -2.13. The van der Waals surface area contributed by atoms with E-state index < -0.39 is 17.8 Å². The lowest BCUT2D eigenvalue weighted by atomic mass is 10.2. The first-order chi connectivity index (χ1) is 11.3.